The standard InChI is InChI=1S/C19H31N3O3.HI/c1-16(2)14-22-19(21-10-8-17-6-3-12-24-17)20-9-5-11-23-15-18-7-4-13-25-18;/h3,6,12,18H,1,4-5,7-11,13-15H2,2H3,(H2,20,21,22);1H. The van der Waals surface area contributed by atoms with Gasteiger partial charge in [0.05, 0.1) is 25.5 Å². The summed E-state index contributed by atoms with van der Waals surface area (Å²) < 4.78 is 16.6. The van der Waals surface area contributed by atoms with Crippen molar-refractivity contribution in [3.05, 3.63) is 36.3 Å². The van der Waals surface area contributed by atoms with Crippen molar-refractivity contribution < 1.29 is 13.9 Å². The Kier molecular flexibility index (Phi) is 12.4. The summed E-state index contributed by atoms with van der Waals surface area (Å²) in [6, 6.07) is 3.88. The van der Waals surface area contributed by atoms with Crippen molar-refractivity contribution in [3.63, 3.8) is 0 Å². The second-order valence-corrected chi connectivity index (χ2v) is 6.37. The minimum absolute atomic E-state index is 0. The first kappa shape index (κ1) is 23.0. The van der Waals surface area contributed by atoms with Crippen LogP contribution < -0.4 is 10.6 Å². The molecule has 2 rings (SSSR count). The number of aliphatic imine (C=N–C) groups is 1. The van der Waals surface area contributed by atoms with Crippen molar-refractivity contribution in [1.29, 1.82) is 0 Å². The third kappa shape index (κ3) is 10.2. The van der Waals surface area contributed by atoms with Crippen LogP contribution in [-0.2, 0) is 15.9 Å². The smallest absolute Gasteiger partial charge is 0.191 e. The van der Waals surface area contributed by atoms with Crippen molar-refractivity contribution in [1.82, 2.24) is 10.6 Å². The zero-order valence-corrected chi connectivity index (χ0v) is 18.0. The van der Waals surface area contributed by atoms with E-state index >= 15 is 0 Å². The van der Waals surface area contributed by atoms with E-state index in [2.05, 4.69) is 22.2 Å². The van der Waals surface area contributed by atoms with Crippen LogP contribution in [0.25, 0.3) is 0 Å². The quantitative estimate of drug-likeness (QED) is 0.169. The Morgan fingerprint density at radius 1 is 1.38 bits per heavy atom. The molecule has 0 bridgehead atoms. The highest BCUT2D eigenvalue weighted by Crippen LogP contribution is 2.11. The molecule has 0 saturated carbocycles. The fourth-order valence-electron chi connectivity index (χ4n) is 2.52. The molecular weight excluding hydrogens is 445 g/mol. The first-order chi connectivity index (χ1) is 12.2. The molecule has 0 amide bonds. The molecule has 7 heteroatoms. The van der Waals surface area contributed by atoms with E-state index in [1.54, 1.807) is 6.26 Å². The van der Waals surface area contributed by atoms with Crippen LogP contribution in [0.1, 0.15) is 31.9 Å². The van der Waals surface area contributed by atoms with E-state index < -0.39 is 0 Å². The second kappa shape index (κ2) is 14.1. The molecule has 1 aromatic heterocycles. The summed E-state index contributed by atoms with van der Waals surface area (Å²) in [6.07, 6.45) is 6.02. The second-order valence-electron chi connectivity index (χ2n) is 6.37. The summed E-state index contributed by atoms with van der Waals surface area (Å²) in [5.41, 5.74) is 1.03. The van der Waals surface area contributed by atoms with Gasteiger partial charge in [0.25, 0.3) is 0 Å². The Bertz CT molecular complexity index is 514. The van der Waals surface area contributed by atoms with Gasteiger partial charge in [-0.05, 0) is 38.3 Å². The fraction of sp³-hybridized carbons (Fsp3) is 0.632. The molecule has 1 aliphatic heterocycles. The van der Waals surface area contributed by atoms with Gasteiger partial charge in [0.15, 0.2) is 5.96 Å². The lowest BCUT2D eigenvalue weighted by molar-refractivity contribution is 0.0168. The van der Waals surface area contributed by atoms with Crippen molar-refractivity contribution in [2.45, 2.75) is 38.7 Å². The van der Waals surface area contributed by atoms with E-state index in [1.165, 1.54) is 0 Å². The number of furan rings is 1. The van der Waals surface area contributed by atoms with Gasteiger partial charge in [0, 0.05) is 32.7 Å². The summed E-state index contributed by atoms with van der Waals surface area (Å²) in [5, 5.41) is 6.67. The van der Waals surface area contributed by atoms with Gasteiger partial charge in [-0.25, -0.2) is 4.99 Å². The third-order valence-corrected chi connectivity index (χ3v) is 3.84. The van der Waals surface area contributed by atoms with Crippen LogP contribution in [0.15, 0.2) is 40.0 Å². The minimum Gasteiger partial charge on any atom is -0.469 e. The molecule has 0 spiro atoms. The van der Waals surface area contributed by atoms with Gasteiger partial charge < -0.3 is 24.5 Å². The van der Waals surface area contributed by atoms with Crippen molar-refractivity contribution in [2.24, 2.45) is 4.99 Å². The molecule has 0 aliphatic carbocycles. The minimum atomic E-state index is 0. The van der Waals surface area contributed by atoms with E-state index in [9.17, 15) is 0 Å². The highest BCUT2D eigenvalue weighted by Gasteiger charge is 2.14. The molecule has 0 radical (unpaired) electrons. The molecule has 6 nitrogen and oxygen atoms in total. The van der Waals surface area contributed by atoms with Crippen molar-refractivity contribution >= 4 is 29.9 Å². The van der Waals surface area contributed by atoms with Gasteiger partial charge in [0.2, 0.25) is 0 Å². The van der Waals surface area contributed by atoms with Crippen LogP contribution in [0.5, 0.6) is 0 Å². The maximum absolute atomic E-state index is 5.68. The maximum atomic E-state index is 5.68. The monoisotopic (exact) mass is 477 g/mol. The van der Waals surface area contributed by atoms with E-state index in [0.29, 0.717) is 19.3 Å². The molecular formula is C19H32IN3O3. The Morgan fingerprint density at radius 3 is 2.92 bits per heavy atom. The lowest BCUT2D eigenvalue weighted by Crippen LogP contribution is -2.39. The average Bonchev–Trinajstić information content (AvgIpc) is 3.28. The molecule has 1 aliphatic rings. The lowest BCUT2D eigenvalue weighted by Gasteiger charge is -2.13. The number of hydrogen-bond acceptors (Lipinski definition) is 4. The Hall–Kier alpha value is -1.06. The zero-order chi connectivity index (χ0) is 17.7. The Labute approximate surface area is 173 Å². The summed E-state index contributed by atoms with van der Waals surface area (Å²) >= 11 is 0. The summed E-state index contributed by atoms with van der Waals surface area (Å²) in [5.74, 6) is 1.77. The topological polar surface area (TPSA) is 68.0 Å². The molecule has 2 heterocycles. The Balaban J connectivity index is 0.00000338. The van der Waals surface area contributed by atoms with E-state index in [1.807, 2.05) is 19.1 Å². The van der Waals surface area contributed by atoms with Gasteiger partial charge in [-0.2, -0.15) is 0 Å². The number of nitrogens with zero attached hydrogens (tertiary/aromatic N) is 1. The number of nitrogens with one attached hydrogen (secondary N) is 2. The molecule has 148 valence electrons. The largest absolute Gasteiger partial charge is 0.469 e. The van der Waals surface area contributed by atoms with Gasteiger partial charge in [-0.1, -0.05) is 12.2 Å². The van der Waals surface area contributed by atoms with E-state index in [4.69, 9.17) is 13.9 Å². The third-order valence-electron chi connectivity index (χ3n) is 3.84. The van der Waals surface area contributed by atoms with E-state index in [0.717, 1.165) is 69.3 Å². The first-order valence-corrected chi connectivity index (χ1v) is 9.12. The SMILES string of the molecule is C=C(C)CN=C(NCCCOCC1CCCO1)NCCc1ccco1.I. The van der Waals surface area contributed by atoms with Gasteiger partial charge in [0.1, 0.15) is 5.76 Å². The highest BCUT2D eigenvalue weighted by atomic mass is 127. The molecule has 26 heavy (non-hydrogen) atoms. The van der Waals surface area contributed by atoms with Crippen LogP contribution in [0.2, 0.25) is 0 Å². The number of rotatable bonds is 11. The van der Waals surface area contributed by atoms with Gasteiger partial charge >= 0.3 is 0 Å². The fourth-order valence-corrected chi connectivity index (χ4v) is 2.52. The molecule has 1 fully saturated rings. The first-order valence-electron chi connectivity index (χ1n) is 9.12. The van der Waals surface area contributed by atoms with Crippen LogP contribution in [-0.4, -0.2) is 51.5 Å². The summed E-state index contributed by atoms with van der Waals surface area (Å²) in [7, 11) is 0. The van der Waals surface area contributed by atoms with Gasteiger partial charge in [-0.3, -0.25) is 0 Å². The molecule has 0 aromatic carbocycles. The van der Waals surface area contributed by atoms with Crippen LogP contribution in [0.4, 0.5) is 0 Å². The maximum Gasteiger partial charge on any atom is 0.191 e. The summed E-state index contributed by atoms with van der Waals surface area (Å²) in [6.45, 7) is 10.4. The van der Waals surface area contributed by atoms with E-state index in [-0.39, 0.29) is 24.0 Å². The molecule has 1 aromatic rings. The Morgan fingerprint density at radius 2 is 2.23 bits per heavy atom. The van der Waals surface area contributed by atoms with Crippen LogP contribution >= 0.6 is 24.0 Å². The summed E-state index contributed by atoms with van der Waals surface area (Å²) in [4.78, 5) is 4.53. The highest BCUT2D eigenvalue weighted by molar-refractivity contribution is 14.0. The van der Waals surface area contributed by atoms with Crippen LogP contribution in [0, 0.1) is 0 Å². The van der Waals surface area contributed by atoms with Crippen molar-refractivity contribution in [3.8, 4) is 0 Å². The molecule has 1 saturated heterocycles. The van der Waals surface area contributed by atoms with Crippen LogP contribution in [0.3, 0.4) is 0 Å². The van der Waals surface area contributed by atoms with Gasteiger partial charge in [-0.15, -0.1) is 24.0 Å². The molecule has 2 N–H and O–H groups in total. The predicted molar refractivity (Wildman–Crippen MR) is 115 cm³/mol. The number of hydrogen-bond donors (Lipinski definition) is 2. The molecule has 1 atom stereocenters. The lowest BCUT2D eigenvalue weighted by atomic mass is 10.2. The van der Waals surface area contributed by atoms with Crippen molar-refractivity contribution in [2.75, 3.05) is 39.5 Å². The zero-order valence-electron chi connectivity index (χ0n) is 15.7. The number of halogens is 1. The molecule has 1 unspecified atom stereocenters. The normalized spacial score (nSPS) is 17.0. The number of guanidine groups is 1. The predicted octanol–water partition coefficient (Wildman–Crippen LogP) is 3.14. The average molecular weight is 477 g/mol. The number of ether oxygens (including phenoxy) is 2.